The number of anilines is 2. The van der Waals surface area contributed by atoms with Gasteiger partial charge in [-0.1, -0.05) is 6.07 Å². The molecule has 2 heterocycles. The van der Waals surface area contributed by atoms with Gasteiger partial charge < -0.3 is 15.4 Å². The molecule has 7 heteroatoms. The van der Waals surface area contributed by atoms with Gasteiger partial charge in [-0.3, -0.25) is 4.98 Å². The fourth-order valence-corrected chi connectivity index (χ4v) is 1.62. The summed E-state index contributed by atoms with van der Waals surface area (Å²) >= 11 is 0. The smallest absolute Gasteiger partial charge is 0.323 e. The normalized spacial score (nSPS) is 10.5. The summed E-state index contributed by atoms with van der Waals surface area (Å²) in [5, 5.41) is 6.22. The van der Waals surface area contributed by atoms with E-state index in [0.29, 0.717) is 24.5 Å². The highest BCUT2D eigenvalue weighted by Gasteiger charge is 2.08. The lowest BCUT2D eigenvalue weighted by Crippen LogP contribution is -2.13. The summed E-state index contributed by atoms with van der Waals surface area (Å²) in [7, 11) is 0. The van der Waals surface area contributed by atoms with Crippen LogP contribution in [0, 0.1) is 0 Å². The summed E-state index contributed by atoms with van der Waals surface area (Å²) in [6, 6.07) is 4.18. The van der Waals surface area contributed by atoms with Gasteiger partial charge >= 0.3 is 6.01 Å². The van der Waals surface area contributed by atoms with Gasteiger partial charge in [0, 0.05) is 25.5 Å². The van der Waals surface area contributed by atoms with E-state index in [1.807, 2.05) is 32.9 Å². The van der Waals surface area contributed by atoms with Crippen LogP contribution in [0.2, 0.25) is 0 Å². The van der Waals surface area contributed by atoms with Crippen molar-refractivity contribution < 1.29 is 4.74 Å². The number of ether oxygens (including phenoxy) is 1. The molecule has 2 N–H and O–H groups in total. The van der Waals surface area contributed by atoms with Gasteiger partial charge in [0.25, 0.3) is 0 Å². The summed E-state index contributed by atoms with van der Waals surface area (Å²) in [6.45, 7) is 7.16. The first-order valence-corrected chi connectivity index (χ1v) is 6.96. The summed E-state index contributed by atoms with van der Waals surface area (Å²) in [5.74, 6) is 0.970. The molecule has 0 aliphatic heterocycles. The fraction of sp³-hybridized carbons (Fsp3) is 0.429. The van der Waals surface area contributed by atoms with Crippen molar-refractivity contribution in [1.82, 2.24) is 19.9 Å². The zero-order valence-corrected chi connectivity index (χ0v) is 12.5. The molecule has 0 amide bonds. The zero-order chi connectivity index (χ0) is 15.1. The van der Waals surface area contributed by atoms with Crippen molar-refractivity contribution in [3.05, 3.63) is 30.1 Å². The molecule has 2 rings (SSSR count). The van der Waals surface area contributed by atoms with Crippen LogP contribution in [-0.2, 0) is 6.54 Å². The number of nitrogens with zero attached hydrogens (tertiary/aromatic N) is 4. The van der Waals surface area contributed by atoms with Crippen LogP contribution in [0.4, 0.5) is 11.9 Å². The van der Waals surface area contributed by atoms with Crippen molar-refractivity contribution in [2.24, 2.45) is 0 Å². The van der Waals surface area contributed by atoms with Crippen LogP contribution in [0.5, 0.6) is 6.01 Å². The summed E-state index contributed by atoms with van der Waals surface area (Å²) in [5.41, 5.74) is 1.05. The first-order chi connectivity index (χ1) is 10.2. The van der Waals surface area contributed by atoms with Crippen LogP contribution in [0.15, 0.2) is 24.5 Å². The van der Waals surface area contributed by atoms with Gasteiger partial charge in [-0.05, 0) is 32.4 Å². The largest absolute Gasteiger partial charge is 0.461 e. The van der Waals surface area contributed by atoms with Crippen molar-refractivity contribution >= 4 is 11.9 Å². The lowest BCUT2D eigenvalue weighted by molar-refractivity contribution is 0.222. The van der Waals surface area contributed by atoms with Gasteiger partial charge in [0.1, 0.15) is 0 Å². The molecule has 0 saturated heterocycles. The molecule has 2 aromatic heterocycles. The molecule has 0 radical (unpaired) electrons. The molecule has 0 fully saturated rings. The molecule has 0 atom stereocenters. The minimum Gasteiger partial charge on any atom is -0.461 e. The van der Waals surface area contributed by atoms with E-state index in [4.69, 9.17) is 4.74 Å². The second-order valence-corrected chi connectivity index (χ2v) is 4.68. The van der Waals surface area contributed by atoms with Crippen molar-refractivity contribution in [2.45, 2.75) is 33.4 Å². The van der Waals surface area contributed by atoms with Gasteiger partial charge in [0.05, 0.1) is 6.10 Å². The number of rotatable bonds is 7. The molecular formula is C14H20N6O. The Morgan fingerprint density at radius 2 is 1.90 bits per heavy atom. The van der Waals surface area contributed by atoms with Crippen LogP contribution >= 0.6 is 0 Å². The number of nitrogens with one attached hydrogen (secondary N) is 2. The summed E-state index contributed by atoms with van der Waals surface area (Å²) in [6.07, 6.45) is 3.54. The second kappa shape index (κ2) is 7.37. The van der Waals surface area contributed by atoms with Crippen molar-refractivity contribution in [3.63, 3.8) is 0 Å². The van der Waals surface area contributed by atoms with E-state index < -0.39 is 0 Å². The van der Waals surface area contributed by atoms with E-state index in [1.54, 1.807) is 12.4 Å². The highest BCUT2D eigenvalue weighted by Crippen LogP contribution is 2.13. The Labute approximate surface area is 124 Å². The van der Waals surface area contributed by atoms with E-state index >= 15 is 0 Å². The van der Waals surface area contributed by atoms with Crippen molar-refractivity contribution in [1.29, 1.82) is 0 Å². The monoisotopic (exact) mass is 288 g/mol. The molecule has 0 aromatic carbocycles. The number of aromatic nitrogens is 4. The Hall–Kier alpha value is -2.44. The standard InChI is InChI=1S/C14H20N6O/c1-4-16-12-18-13(20-14(19-12)21-10(2)3)17-9-11-6-5-7-15-8-11/h5-8,10H,4,9H2,1-3H3,(H2,16,17,18,19,20). The molecule has 0 spiro atoms. The minimum atomic E-state index is 0.00745. The molecule has 112 valence electrons. The molecule has 0 bridgehead atoms. The highest BCUT2D eigenvalue weighted by atomic mass is 16.5. The molecule has 0 aliphatic carbocycles. The predicted octanol–water partition coefficient (Wildman–Crippen LogP) is 2.10. The average molecular weight is 288 g/mol. The van der Waals surface area contributed by atoms with E-state index in [9.17, 15) is 0 Å². The van der Waals surface area contributed by atoms with Gasteiger partial charge in [0.2, 0.25) is 11.9 Å². The molecule has 0 unspecified atom stereocenters. The quantitative estimate of drug-likeness (QED) is 0.807. The molecule has 2 aromatic rings. The maximum atomic E-state index is 5.54. The highest BCUT2D eigenvalue weighted by molar-refractivity contribution is 5.36. The summed E-state index contributed by atoms with van der Waals surface area (Å²) in [4.78, 5) is 16.8. The SMILES string of the molecule is CCNc1nc(NCc2cccnc2)nc(OC(C)C)n1. The average Bonchev–Trinajstić information content (AvgIpc) is 2.46. The van der Waals surface area contributed by atoms with Gasteiger partial charge in [-0.25, -0.2) is 0 Å². The first kappa shape index (κ1) is 15.0. The van der Waals surface area contributed by atoms with Gasteiger partial charge in [-0.2, -0.15) is 15.0 Å². The maximum Gasteiger partial charge on any atom is 0.323 e. The van der Waals surface area contributed by atoms with Crippen molar-refractivity contribution in [2.75, 3.05) is 17.2 Å². The molecule has 7 nitrogen and oxygen atoms in total. The lowest BCUT2D eigenvalue weighted by atomic mass is 10.3. The van der Waals surface area contributed by atoms with Gasteiger partial charge in [0.15, 0.2) is 0 Å². The van der Waals surface area contributed by atoms with E-state index in [0.717, 1.165) is 12.1 Å². The third-order valence-electron chi connectivity index (χ3n) is 2.46. The van der Waals surface area contributed by atoms with Crippen LogP contribution in [0.1, 0.15) is 26.3 Å². The third-order valence-corrected chi connectivity index (χ3v) is 2.46. The minimum absolute atomic E-state index is 0.00745. The van der Waals surface area contributed by atoms with Gasteiger partial charge in [-0.15, -0.1) is 0 Å². The van der Waals surface area contributed by atoms with Crippen molar-refractivity contribution in [3.8, 4) is 6.01 Å². The fourth-order valence-electron chi connectivity index (χ4n) is 1.62. The predicted molar refractivity (Wildman–Crippen MR) is 81.3 cm³/mol. The summed E-state index contributed by atoms with van der Waals surface area (Å²) < 4.78 is 5.54. The van der Waals surface area contributed by atoms with E-state index in [2.05, 4.69) is 30.6 Å². The number of pyridine rings is 1. The Kier molecular flexibility index (Phi) is 5.25. The third kappa shape index (κ3) is 4.87. The Morgan fingerprint density at radius 1 is 1.14 bits per heavy atom. The van der Waals surface area contributed by atoms with Crippen LogP contribution in [-0.4, -0.2) is 32.6 Å². The molecule has 0 saturated carbocycles. The Bertz CT molecular complexity index is 561. The number of hydrogen-bond acceptors (Lipinski definition) is 7. The van der Waals surface area contributed by atoms with Crippen LogP contribution in [0.25, 0.3) is 0 Å². The maximum absolute atomic E-state index is 5.54. The van der Waals surface area contributed by atoms with Crippen LogP contribution in [0.3, 0.4) is 0 Å². The molecular weight excluding hydrogens is 268 g/mol. The first-order valence-electron chi connectivity index (χ1n) is 6.96. The second-order valence-electron chi connectivity index (χ2n) is 4.68. The zero-order valence-electron chi connectivity index (χ0n) is 12.5. The Balaban J connectivity index is 2.11. The number of hydrogen-bond donors (Lipinski definition) is 2. The van der Waals surface area contributed by atoms with E-state index in [1.165, 1.54) is 0 Å². The molecule has 21 heavy (non-hydrogen) atoms. The lowest BCUT2D eigenvalue weighted by Gasteiger charge is -2.11. The Morgan fingerprint density at radius 3 is 2.52 bits per heavy atom. The molecule has 0 aliphatic rings. The van der Waals surface area contributed by atoms with E-state index in [-0.39, 0.29) is 6.10 Å². The van der Waals surface area contributed by atoms with Crippen LogP contribution < -0.4 is 15.4 Å². The topological polar surface area (TPSA) is 84.9 Å².